The zero-order valence-corrected chi connectivity index (χ0v) is 13.8. The maximum Gasteiger partial charge on any atom is 0.223 e. The van der Waals surface area contributed by atoms with Gasteiger partial charge in [0, 0.05) is 17.3 Å². The number of halogens is 1. The maximum atomic E-state index is 12.0. The van der Waals surface area contributed by atoms with E-state index in [9.17, 15) is 4.79 Å². The van der Waals surface area contributed by atoms with Gasteiger partial charge in [-0.25, -0.2) is 0 Å². The van der Waals surface area contributed by atoms with E-state index in [0.717, 1.165) is 31.7 Å². The predicted octanol–water partition coefficient (Wildman–Crippen LogP) is 4.13. The Morgan fingerprint density at radius 3 is 2.33 bits per heavy atom. The molecular weight excluding hydrogens is 290 g/mol. The van der Waals surface area contributed by atoms with Crippen LogP contribution in [0.4, 0.5) is 0 Å². The molecule has 0 bridgehead atoms. The molecule has 1 fully saturated rings. The van der Waals surface area contributed by atoms with Gasteiger partial charge in [0.2, 0.25) is 5.91 Å². The lowest BCUT2D eigenvalue weighted by molar-refractivity contribution is -0.126. The lowest BCUT2D eigenvalue weighted by Crippen LogP contribution is -2.37. The first-order chi connectivity index (χ1) is 8.28. The minimum Gasteiger partial charge on any atom is -0.355 e. The molecule has 2 nitrogen and oxygen atoms in total. The van der Waals surface area contributed by atoms with E-state index in [-0.39, 0.29) is 11.8 Å². The average Bonchev–Trinajstić information content (AvgIpc) is 2.24. The molecule has 1 rings (SSSR count). The van der Waals surface area contributed by atoms with Crippen molar-refractivity contribution in [2.75, 3.05) is 6.54 Å². The van der Waals surface area contributed by atoms with Gasteiger partial charge in [0.15, 0.2) is 0 Å². The highest BCUT2D eigenvalue weighted by Gasteiger charge is 2.25. The van der Waals surface area contributed by atoms with Gasteiger partial charge in [-0.15, -0.1) is 0 Å². The number of hydrogen-bond donors (Lipinski definition) is 1. The van der Waals surface area contributed by atoms with Crippen LogP contribution in [0.2, 0.25) is 0 Å². The first kappa shape index (κ1) is 16.0. The van der Waals surface area contributed by atoms with Crippen molar-refractivity contribution in [1.82, 2.24) is 5.32 Å². The van der Waals surface area contributed by atoms with Crippen LogP contribution >= 0.6 is 15.9 Å². The van der Waals surface area contributed by atoms with Gasteiger partial charge in [-0.2, -0.15) is 0 Å². The normalized spacial score (nSPS) is 26.7. The Balaban J connectivity index is 2.24. The fourth-order valence-electron chi connectivity index (χ4n) is 2.61. The summed E-state index contributed by atoms with van der Waals surface area (Å²) >= 11 is 3.66. The van der Waals surface area contributed by atoms with E-state index in [1.807, 2.05) is 0 Å². The van der Waals surface area contributed by atoms with Crippen molar-refractivity contribution >= 4 is 21.8 Å². The highest BCUT2D eigenvalue weighted by atomic mass is 79.9. The van der Waals surface area contributed by atoms with Crippen molar-refractivity contribution in [3.05, 3.63) is 0 Å². The van der Waals surface area contributed by atoms with Crippen molar-refractivity contribution in [3.63, 3.8) is 0 Å². The Kier molecular flexibility index (Phi) is 6.16. The molecule has 106 valence electrons. The quantitative estimate of drug-likeness (QED) is 0.776. The number of amides is 1. The number of rotatable bonds is 4. The number of carbonyl (C=O) groups excluding carboxylic acids is 1. The van der Waals surface area contributed by atoms with Crippen LogP contribution < -0.4 is 5.32 Å². The Bertz CT molecular complexity index is 264. The Morgan fingerprint density at radius 2 is 1.83 bits per heavy atom. The predicted molar refractivity (Wildman–Crippen MR) is 80.9 cm³/mol. The van der Waals surface area contributed by atoms with Crippen LogP contribution in [0.25, 0.3) is 0 Å². The molecule has 0 radical (unpaired) electrons. The Morgan fingerprint density at radius 1 is 1.28 bits per heavy atom. The zero-order chi connectivity index (χ0) is 13.8. The van der Waals surface area contributed by atoms with E-state index in [0.29, 0.717) is 10.2 Å². The summed E-state index contributed by atoms with van der Waals surface area (Å²) in [6, 6.07) is 0. The van der Waals surface area contributed by atoms with Crippen LogP contribution in [-0.4, -0.2) is 17.3 Å². The van der Waals surface area contributed by atoms with Gasteiger partial charge >= 0.3 is 0 Å². The molecule has 0 aromatic rings. The van der Waals surface area contributed by atoms with E-state index < -0.39 is 0 Å². The van der Waals surface area contributed by atoms with Crippen LogP contribution in [0.1, 0.15) is 59.8 Å². The van der Waals surface area contributed by atoms with Crippen LogP contribution in [0, 0.1) is 17.3 Å². The summed E-state index contributed by atoms with van der Waals surface area (Å²) in [5.41, 5.74) is 0.305. The topological polar surface area (TPSA) is 29.1 Å². The zero-order valence-electron chi connectivity index (χ0n) is 12.3. The third kappa shape index (κ3) is 6.21. The summed E-state index contributed by atoms with van der Waals surface area (Å²) in [5, 5.41) is 3.10. The molecule has 3 heteroatoms. The third-order valence-electron chi connectivity index (χ3n) is 3.72. The average molecular weight is 318 g/mol. The number of nitrogens with one attached hydrogen (secondary N) is 1. The maximum absolute atomic E-state index is 12.0. The molecular formula is C15H28BrNO. The van der Waals surface area contributed by atoms with Gasteiger partial charge in [0.1, 0.15) is 0 Å². The molecule has 1 saturated carbocycles. The van der Waals surface area contributed by atoms with E-state index in [1.165, 1.54) is 12.8 Å². The molecule has 0 aliphatic heterocycles. The van der Waals surface area contributed by atoms with E-state index >= 15 is 0 Å². The summed E-state index contributed by atoms with van der Waals surface area (Å²) in [6.45, 7) is 9.72. The number of carbonyl (C=O) groups is 1. The molecule has 1 unspecified atom stereocenters. The Labute approximate surface area is 120 Å². The molecule has 0 spiro atoms. The minimum atomic E-state index is 0.260. The number of alkyl halides is 1. The summed E-state index contributed by atoms with van der Waals surface area (Å²) < 4.78 is 0. The molecule has 1 aliphatic carbocycles. The summed E-state index contributed by atoms with van der Waals surface area (Å²) in [5.74, 6) is 1.33. The van der Waals surface area contributed by atoms with Crippen molar-refractivity contribution in [2.45, 2.75) is 64.6 Å². The smallest absolute Gasteiger partial charge is 0.223 e. The highest BCUT2D eigenvalue weighted by Crippen LogP contribution is 2.28. The molecule has 1 amide bonds. The van der Waals surface area contributed by atoms with E-state index in [4.69, 9.17) is 0 Å². The molecule has 1 atom stereocenters. The van der Waals surface area contributed by atoms with Gasteiger partial charge in [-0.3, -0.25) is 4.79 Å². The van der Waals surface area contributed by atoms with Crippen LogP contribution in [0.5, 0.6) is 0 Å². The molecule has 18 heavy (non-hydrogen) atoms. The van der Waals surface area contributed by atoms with Gasteiger partial charge in [-0.05, 0) is 43.4 Å². The summed E-state index contributed by atoms with van der Waals surface area (Å²) in [7, 11) is 0. The van der Waals surface area contributed by atoms with Crippen molar-refractivity contribution in [3.8, 4) is 0 Å². The van der Waals surface area contributed by atoms with Gasteiger partial charge < -0.3 is 5.32 Å². The SMILES string of the molecule is CC1CCC(C(=O)NCC(Br)CC(C)(C)C)CC1. The molecule has 0 aromatic carbocycles. The lowest BCUT2D eigenvalue weighted by Gasteiger charge is -2.26. The second-order valence-electron chi connectivity index (χ2n) is 7.06. The second-order valence-corrected chi connectivity index (χ2v) is 8.36. The van der Waals surface area contributed by atoms with Crippen LogP contribution in [0.15, 0.2) is 0 Å². The minimum absolute atomic E-state index is 0.260. The van der Waals surface area contributed by atoms with Crippen molar-refractivity contribution in [1.29, 1.82) is 0 Å². The fraction of sp³-hybridized carbons (Fsp3) is 0.933. The fourth-order valence-corrected chi connectivity index (χ4v) is 3.75. The first-order valence-corrected chi connectivity index (χ1v) is 8.11. The molecule has 0 aromatic heterocycles. The Hall–Kier alpha value is -0.0500. The second kappa shape index (κ2) is 6.93. The van der Waals surface area contributed by atoms with Gasteiger partial charge in [0.05, 0.1) is 0 Å². The van der Waals surface area contributed by atoms with Crippen molar-refractivity contribution in [2.24, 2.45) is 17.3 Å². The van der Waals surface area contributed by atoms with Crippen molar-refractivity contribution < 1.29 is 4.79 Å². The molecule has 0 heterocycles. The van der Waals surface area contributed by atoms with E-state index in [1.54, 1.807) is 0 Å². The van der Waals surface area contributed by atoms with E-state index in [2.05, 4.69) is 48.9 Å². The standard InChI is InChI=1S/C15H28BrNO/c1-11-5-7-12(8-6-11)14(18)17-10-13(16)9-15(2,3)4/h11-13H,5-10H2,1-4H3,(H,17,18). The lowest BCUT2D eigenvalue weighted by atomic mass is 9.82. The molecule has 1 N–H and O–H groups in total. The third-order valence-corrected chi connectivity index (χ3v) is 4.37. The summed E-state index contributed by atoms with van der Waals surface area (Å²) in [4.78, 5) is 12.4. The van der Waals surface area contributed by atoms with Gasteiger partial charge in [-0.1, -0.05) is 43.6 Å². The van der Waals surface area contributed by atoms with Gasteiger partial charge in [0.25, 0.3) is 0 Å². The number of hydrogen-bond acceptors (Lipinski definition) is 1. The summed E-state index contributed by atoms with van der Waals surface area (Å²) in [6.07, 6.45) is 5.63. The van der Waals surface area contributed by atoms with Crippen LogP contribution in [-0.2, 0) is 4.79 Å². The first-order valence-electron chi connectivity index (χ1n) is 7.19. The molecule has 0 saturated heterocycles. The molecule has 1 aliphatic rings. The largest absolute Gasteiger partial charge is 0.355 e. The monoisotopic (exact) mass is 317 g/mol. The van der Waals surface area contributed by atoms with Crippen LogP contribution in [0.3, 0.4) is 0 Å². The highest BCUT2D eigenvalue weighted by molar-refractivity contribution is 9.09.